The Hall–Kier alpha value is 0. The molecule has 0 aromatic heterocycles. The summed E-state index contributed by atoms with van der Waals surface area (Å²) < 4.78 is 0. The van der Waals surface area contributed by atoms with E-state index in [-0.39, 0.29) is 0 Å². The van der Waals surface area contributed by atoms with Gasteiger partial charge in [-0.3, -0.25) is 0 Å². The van der Waals surface area contributed by atoms with Gasteiger partial charge in [-0.15, -0.1) is 0 Å². The number of rotatable bonds is 33. The van der Waals surface area contributed by atoms with E-state index in [2.05, 4.69) is 20.8 Å². The second-order valence-electron chi connectivity index (χ2n) is 12.8. The minimum Gasteiger partial charge on any atom is -0.0654 e. The van der Waals surface area contributed by atoms with Crippen molar-refractivity contribution in [2.24, 2.45) is 5.92 Å². The van der Waals surface area contributed by atoms with Crippen molar-refractivity contribution in [3.8, 4) is 0 Å². The van der Waals surface area contributed by atoms with Gasteiger partial charge in [-0.2, -0.15) is 0 Å². The van der Waals surface area contributed by atoms with E-state index in [0.29, 0.717) is 0 Å². The van der Waals surface area contributed by atoms with Gasteiger partial charge in [0, 0.05) is 0 Å². The van der Waals surface area contributed by atoms with Crippen molar-refractivity contribution in [1.29, 1.82) is 0 Å². The summed E-state index contributed by atoms with van der Waals surface area (Å²) in [5.41, 5.74) is 0. The van der Waals surface area contributed by atoms with Crippen LogP contribution in [0.5, 0.6) is 0 Å². The fraction of sp³-hybridized carbons (Fsp3) is 1.00. The lowest BCUT2D eigenvalue weighted by Crippen LogP contribution is -1.98. The van der Waals surface area contributed by atoms with Gasteiger partial charge >= 0.3 is 0 Å². The zero-order chi connectivity index (χ0) is 26.9. The van der Waals surface area contributed by atoms with E-state index < -0.39 is 0 Å². The highest BCUT2D eigenvalue weighted by molar-refractivity contribution is 4.58. The molecule has 0 bridgehead atoms. The average molecular weight is 521 g/mol. The van der Waals surface area contributed by atoms with Crippen LogP contribution in [0.2, 0.25) is 0 Å². The maximum absolute atomic E-state index is 2.39. The summed E-state index contributed by atoms with van der Waals surface area (Å²) in [6.07, 6.45) is 48.8. The Morgan fingerprint density at radius 1 is 0.243 bits per heavy atom. The summed E-state index contributed by atoms with van der Waals surface area (Å²) >= 11 is 0. The van der Waals surface area contributed by atoms with E-state index in [1.807, 2.05) is 0 Å². The molecular weight excluding hydrogens is 444 g/mol. The van der Waals surface area contributed by atoms with Crippen LogP contribution in [0.3, 0.4) is 0 Å². The molecule has 0 aromatic carbocycles. The zero-order valence-corrected chi connectivity index (χ0v) is 26.9. The molecule has 0 aliphatic heterocycles. The summed E-state index contributed by atoms with van der Waals surface area (Å²) in [6.45, 7) is 7.03. The van der Waals surface area contributed by atoms with Crippen molar-refractivity contribution in [2.45, 2.75) is 233 Å². The molecule has 0 nitrogen and oxygen atoms in total. The van der Waals surface area contributed by atoms with Gasteiger partial charge in [0.15, 0.2) is 0 Å². The average Bonchev–Trinajstić information content (AvgIpc) is 2.92. The Morgan fingerprint density at radius 2 is 0.459 bits per heavy atom. The predicted molar refractivity (Wildman–Crippen MR) is 173 cm³/mol. The molecule has 0 N–H and O–H groups in total. The lowest BCUT2D eigenvalue weighted by molar-refractivity contribution is 0.399. The molecule has 0 heterocycles. The maximum Gasteiger partial charge on any atom is -0.0417 e. The standard InChI is InChI=1S/C37H76/c1-4-7-9-10-11-12-13-14-15-16-17-18-19-20-21-22-23-24-25-26-27-28-29-30-31-32-33-34-36-37(6-3)35-8-5-2/h37H,4-36H2,1-3H3. The Kier molecular flexibility index (Phi) is 34.0. The van der Waals surface area contributed by atoms with Gasteiger partial charge in [0.2, 0.25) is 0 Å². The van der Waals surface area contributed by atoms with Crippen molar-refractivity contribution >= 4 is 0 Å². The second kappa shape index (κ2) is 34.0. The van der Waals surface area contributed by atoms with Gasteiger partial charge in [-0.1, -0.05) is 233 Å². The van der Waals surface area contributed by atoms with E-state index in [1.165, 1.54) is 212 Å². The summed E-state index contributed by atoms with van der Waals surface area (Å²) in [5.74, 6) is 1.02. The van der Waals surface area contributed by atoms with Crippen LogP contribution in [0, 0.1) is 5.92 Å². The third-order valence-electron chi connectivity index (χ3n) is 9.01. The minimum atomic E-state index is 1.02. The van der Waals surface area contributed by atoms with Crippen LogP contribution in [0.1, 0.15) is 233 Å². The largest absolute Gasteiger partial charge is 0.0654 e. The minimum absolute atomic E-state index is 1.02. The van der Waals surface area contributed by atoms with Crippen LogP contribution >= 0.6 is 0 Å². The van der Waals surface area contributed by atoms with E-state index >= 15 is 0 Å². The second-order valence-corrected chi connectivity index (χ2v) is 12.8. The molecule has 0 amide bonds. The molecule has 0 saturated carbocycles. The summed E-state index contributed by atoms with van der Waals surface area (Å²) in [6, 6.07) is 0. The van der Waals surface area contributed by atoms with E-state index in [1.54, 1.807) is 0 Å². The highest BCUT2D eigenvalue weighted by Gasteiger charge is 2.05. The van der Waals surface area contributed by atoms with Gasteiger partial charge < -0.3 is 0 Å². The first-order chi connectivity index (χ1) is 18.3. The Morgan fingerprint density at radius 3 is 0.703 bits per heavy atom. The highest BCUT2D eigenvalue weighted by Crippen LogP contribution is 2.21. The van der Waals surface area contributed by atoms with E-state index in [0.717, 1.165) is 5.92 Å². The smallest absolute Gasteiger partial charge is 0.0417 e. The van der Waals surface area contributed by atoms with Gasteiger partial charge in [0.05, 0.1) is 0 Å². The molecule has 0 rings (SSSR count). The Labute approximate surface area is 238 Å². The van der Waals surface area contributed by atoms with Crippen LogP contribution in [0.4, 0.5) is 0 Å². The lowest BCUT2D eigenvalue weighted by atomic mass is 9.93. The zero-order valence-electron chi connectivity index (χ0n) is 26.9. The molecule has 0 saturated heterocycles. The Balaban J connectivity index is 3.08. The lowest BCUT2D eigenvalue weighted by Gasteiger charge is -2.13. The first-order valence-corrected chi connectivity index (χ1v) is 18.3. The van der Waals surface area contributed by atoms with Crippen molar-refractivity contribution in [1.82, 2.24) is 0 Å². The fourth-order valence-electron chi connectivity index (χ4n) is 6.15. The number of hydrogen-bond acceptors (Lipinski definition) is 0. The quantitative estimate of drug-likeness (QED) is 0.0754. The van der Waals surface area contributed by atoms with Crippen LogP contribution in [0.25, 0.3) is 0 Å². The van der Waals surface area contributed by atoms with Crippen LogP contribution in [0.15, 0.2) is 0 Å². The van der Waals surface area contributed by atoms with Crippen LogP contribution in [-0.4, -0.2) is 0 Å². The summed E-state index contributed by atoms with van der Waals surface area (Å²) in [5, 5.41) is 0. The summed E-state index contributed by atoms with van der Waals surface area (Å²) in [4.78, 5) is 0. The molecular formula is C37H76. The molecule has 224 valence electrons. The fourth-order valence-corrected chi connectivity index (χ4v) is 6.15. The van der Waals surface area contributed by atoms with Crippen molar-refractivity contribution in [2.75, 3.05) is 0 Å². The monoisotopic (exact) mass is 521 g/mol. The van der Waals surface area contributed by atoms with E-state index in [9.17, 15) is 0 Å². The van der Waals surface area contributed by atoms with Gasteiger partial charge in [-0.05, 0) is 5.92 Å². The first-order valence-electron chi connectivity index (χ1n) is 18.3. The molecule has 0 aromatic rings. The molecule has 0 aliphatic rings. The molecule has 1 atom stereocenters. The predicted octanol–water partition coefficient (Wildman–Crippen LogP) is 14.5. The molecule has 0 radical (unpaired) electrons. The van der Waals surface area contributed by atoms with Crippen molar-refractivity contribution in [3.05, 3.63) is 0 Å². The van der Waals surface area contributed by atoms with Gasteiger partial charge in [0.25, 0.3) is 0 Å². The molecule has 0 aliphatic carbocycles. The topological polar surface area (TPSA) is 0 Å². The van der Waals surface area contributed by atoms with Crippen LogP contribution in [-0.2, 0) is 0 Å². The van der Waals surface area contributed by atoms with E-state index in [4.69, 9.17) is 0 Å². The molecule has 1 unspecified atom stereocenters. The highest BCUT2D eigenvalue weighted by atomic mass is 14.1. The molecule has 0 heteroatoms. The maximum atomic E-state index is 2.39. The van der Waals surface area contributed by atoms with Crippen molar-refractivity contribution in [3.63, 3.8) is 0 Å². The van der Waals surface area contributed by atoms with Gasteiger partial charge in [-0.25, -0.2) is 0 Å². The number of unbranched alkanes of at least 4 members (excludes halogenated alkanes) is 28. The molecule has 0 spiro atoms. The molecule has 0 fully saturated rings. The summed E-state index contributed by atoms with van der Waals surface area (Å²) in [7, 11) is 0. The Bertz CT molecular complexity index is 372. The first kappa shape index (κ1) is 37.0. The van der Waals surface area contributed by atoms with Gasteiger partial charge in [0.1, 0.15) is 0 Å². The van der Waals surface area contributed by atoms with Crippen LogP contribution < -0.4 is 0 Å². The van der Waals surface area contributed by atoms with Crippen molar-refractivity contribution < 1.29 is 0 Å². The third-order valence-corrected chi connectivity index (χ3v) is 9.01. The third kappa shape index (κ3) is 32.1. The number of hydrogen-bond donors (Lipinski definition) is 0. The molecule has 37 heavy (non-hydrogen) atoms. The normalized spacial score (nSPS) is 12.4. The SMILES string of the molecule is CCCCCCCCCCCCCCCCCCCCCCCCCCCCCCC(CC)CCCC.